The Bertz CT molecular complexity index is 224. The molecule has 2 rings (SSSR count). The average Bonchev–Trinajstić information content (AvgIpc) is 2.76. The molecule has 0 radical (unpaired) electrons. The van der Waals surface area contributed by atoms with Crippen LogP contribution in [0.5, 0.6) is 0 Å². The van der Waals surface area contributed by atoms with Gasteiger partial charge < -0.3 is 4.74 Å². The first-order valence-corrected chi connectivity index (χ1v) is 4.06. The van der Waals surface area contributed by atoms with Gasteiger partial charge in [-0.1, -0.05) is 0 Å². The Labute approximate surface area is 66.2 Å². The van der Waals surface area contributed by atoms with Gasteiger partial charge in [-0.2, -0.15) is 0 Å². The summed E-state index contributed by atoms with van der Waals surface area (Å²) in [4.78, 5) is 11.1. The van der Waals surface area contributed by atoms with Crippen LogP contribution >= 0.6 is 0 Å². The summed E-state index contributed by atoms with van der Waals surface area (Å²) in [5.41, 5.74) is 0.374. The summed E-state index contributed by atoms with van der Waals surface area (Å²) in [7, 11) is 1.57. The molecule has 0 aromatic heterocycles. The Hall–Kier alpha value is -0.790. The molecule has 2 aliphatic rings. The van der Waals surface area contributed by atoms with E-state index < -0.39 is 0 Å². The minimum Gasteiger partial charge on any atom is -0.493 e. The summed E-state index contributed by atoms with van der Waals surface area (Å²) in [5.74, 6) is 0.763. The van der Waals surface area contributed by atoms with Crippen LogP contribution in [-0.2, 0) is 9.53 Å². The van der Waals surface area contributed by atoms with Gasteiger partial charge in [0.15, 0.2) is 11.5 Å². The van der Waals surface area contributed by atoms with Crippen LogP contribution in [-0.4, -0.2) is 12.9 Å². The average molecular weight is 152 g/mol. The third-order valence-corrected chi connectivity index (χ3v) is 2.67. The maximum absolute atomic E-state index is 11.1. The number of ether oxygens (including phenoxy) is 1. The van der Waals surface area contributed by atoms with Crippen LogP contribution in [0.2, 0.25) is 0 Å². The summed E-state index contributed by atoms with van der Waals surface area (Å²) >= 11 is 0. The largest absolute Gasteiger partial charge is 0.493 e. The van der Waals surface area contributed by atoms with Gasteiger partial charge in [0, 0.05) is 6.42 Å². The van der Waals surface area contributed by atoms with Crippen molar-refractivity contribution in [3.8, 4) is 0 Å². The van der Waals surface area contributed by atoms with Crippen molar-refractivity contribution < 1.29 is 9.53 Å². The molecule has 0 saturated heterocycles. The first-order chi connectivity index (χ1) is 5.26. The van der Waals surface area contributed by atoms with Gasteiger partial charge in [-0.3, -0.25) is 4.79 Å². The normalized spacial score (nSPS) is 26.6. The van der Waals surface area contributed by atoms with Gasteiger partial charge >= 0.3 is 0 Å². The van der Waals surface area contributed by atoms with E-state index in [9.17, 15) is 4.79 Å². The number of carbonyl (C=O) groups excluding carboxylic acids is 1. The molecular formula is C9H12O2. The van der Waals surface area contributed by atoms with Crippen molar-refractivity contribution in [1.82, 2.24) is 0 Å². The fourth-order valence-electron chi connectivity index (χ4n) is 1.64. The topological polar surface area (TPSA) is 26.3 Å². The molecule has 0 atom stereocenters. The van der Waals surface area contributed by atoms with Gasteiger partial charge in [0.1, 0.15) is 0 Å². The molecule has 1 spiro atoms. The van der Waals surface area contributed by atoms with Crippen LogP contribution in [0.3, 0.4) is 0 Å². The molecule has 0 heterocycles. The summed E-state index contributed by atoms with van der Waals surface area (Å²) in [5, 5.41) is 0. The number of allylic oxidation sites excluding steroid dienone is 2. The Balaban J connectivity index is 2.23. The van der Waals surface area contributed by atoms with E-state index in [4.69, 9.17) is 4.74 Å². The lowest BCUT2D eigenvalue weighted by atomic mass is 9.91. The number of carbonyl (C=O) groups is 1. The van der Waals surface area contributed by atoms with E-state index in [1.165, 1.54) is 12.8 Å². The van der Waals surface area contributed by atoms with Crippen molar-refractivity contribution in [3.63, 3.8) is 0 Å². The zero-order valence-electron chi connectivity index (χ0n) is 6.72. The standard InChI is InChI=1S/C9H12O2/c1-11-8-6-9(4-5-9)3-2-7(8)10/h6H,2-5H2,1H3. The molecule has 60 valence electrons. The minimum atomic E-state index is 0.171. The van der Waals surface area contributed by atoms with Crippen molar-refractivity contribution in [2.75, 3.05) is 7.11 Å². The van der Waals surface area contributed by atoms with Crippen LogP contribution in [0.25, 0.3) is 0 Å². The predicted octanol–water partition coefficient (Wildman–Crippen LogP) is 1.66. The van der Waals surface area contributed by atoms with Crippen molar-refractivity contribution in [2.45, 2.75) is 25.7 Å². The van der Waals surface area contributed by atoms with E-state index in [2.05, 4.69) is 0 Å². The Morgan fingerprint density at radius 2 is 2.18 bits per heavy atom. The first kappa shape index (κ1) is 6.89. The van der Waals surface area contributed by atoms with E-state index >= 15 is 0 Å². The summed E-state index contributed by atoms with van der Waals surface area (Å²) < 4.78 is 4.99. The van der Waals surface area contributed by atoms with Crippen molar-refractivity contribution in [2.24, 2.45) is 5.41 Å². The fraction of sp³-hybridized carbons (Fsp3) is 0.667. The maximum atomic E-state index is 11.1. The second-order valence-electron chi connectivity index (χ2n) is 3.50. The van der Waals surface area contributed by atoms with Crippen LogP contribution in [0.1, 0.15) is 25.7 Å². The van der Waals surface area contributed by atoms with E-state index in [-0.39, 0.29) is 5.78 Å². The third-order valence-electron chi connectivity index (χ3n) is 2.67. The Morgan fingerprint density at radius 1 is 1.45 bits per heavy atom. The molecule has 11 heavy (non-hydrogen) atoms. The SMILES string of the molecule is COC1=CC2(CCC1=O)CC2. The molecule has 0 aliphatic heterocycles. The maximum Gasteiger partial charge on any atom is 0.197 e. The minimum absolute atomic E-state index is 0.171. The molecule has 0 aromatic rings. The summed E-state index contributed by atoms with van der Waals surface area (Å²) in [6, 6.07) is 0. The van der Waals surface area contributed by atoms with Crippen molar-refractivity contribution in [1.29, 1.82) is 0 Å². The molecule has 0 amide bonds. The molecule has 1 fully saturated rings. The predicted molar refractivity (Wildman–Crippen MR) is 41.0 cm³/mol. The molecule has 0 unspecified atom stereocenters. The molecule has 0 bridgehead atoms. The lowest BCUT2D eigenvalue weighted by Gasteiger charge is -2.17. The van der Waals surface area contributed by atoms with Gasteiger partial charge in [0.05, 0.1) is 7.11 Å². The van der Waals surface area contributed by atoms with Crippen molar-refractivity contribution in [3.05, 3.63) is 11.8 Å². The molecule has 2 aliphatic carbocycles. The highest BCUT2D eigenvalue weighted by atomic mass is 16.5. The summed E-state index contributed by atoms with van der Waals surface area (Å²) in [6.45, 7) is 0. The van der Waals surface area contributed by atoms with Crippen LogP contribution in [0.4, 0.5) is 0 Å². The highest BCUT2D eigenvalue weighted by molar-refractivity contribution is 5.94. The monoisotopic (exact) mass is 152 g/mol. The zero-order chi connectivity index (χ0) is 7.90. The quantitative estimate of drug-likeness (QED) is 0.571. The smallest absolute Gasteiger partial charge is 0.197 e. The van der Waals surface area contributed by atoms with E-state index in [1.54, 1.807) is 7.11 Å². The van der Waals surface area contributed by atoms with E-state index in [1.807, 2.05) is 6.08 Å². The van der Waals surface area contributed by atoms with Gasteiger partial charge in [-0.25, -0.2) is 0 Å². The highest BCUT2D eigenvalue weighted by Crippen LogP contribution is 2.53. The number of Topliss-reactive ketones (excluding diaryl/α,β-unsaturated/α-hetero) is 1. The molecular weight excluding hydrogens is 140 g/mol. The molecule has 0 aromatic carbocycles. The number of hydrogen-bond acceptors (Lipinski definition) is 2. The van der Waals surface area contributed by atoms with Gasteiger partial charge in [0.25, 0.3) is 0 Å². The zero-order valence-corrected chi connectivity index (χ0v) is 6.72. The fourth-order valence-corrected chi connectivity index (χ4v) is 1.64. The Kier molecular flexibility index (Phi) is 1.31. The second kappa shape index (κ2) is 2.10. The van der Waals surface area contributed by atoms with Gasteiger partial charge in [0.2, 0.25) is 0 Å². The van der Waals surface area contributed by atoms with Crippen LogP contribution in [0, 0.1) is 5.41 Å². The van der Waals surface area contributed by atoms with Crippen molar-refractivity contribution >= 4 is 5.78 Å². The molecule has 1 saturated carbocycles. The second-order valence-corrected chi connectivity index (χ2v) is 3.50. The van der Waals surface area contributed by atoms with Gasteiger partial charge in [-0.05, 0) is 30.8 Å². The number of ketones is 1. The summed E-state index contributed by atoms with van der Waals surface area (Å²) in [6.07, 6.45) is 6.23. The molecule has 2 nitrogen and oxygen atoms in total. The molecule has 0 N–H and O–H groups in total. The highest BCUT2D eigenvalue weighted by Gasteiger charge is 2.44. The van der Waals surface area contributed by atoms with E-state index in [0.717, 1.165) is 6.42 Å². The molecule has 2 heteroatoms. The Morgan fingerprint density at radius 3 is 2.73 bits per heavy atom. The third kappa shape index (κ3) is 1.06. The lowest BCUT2D eigenvalue weighted by Crippen LogP contribution is -2.15. The number of rotatable bonds is 1. The van der Waals surface area contributed by atoms with Crippen LogP contribution in [0.15, 0.2) is 11.8 Å². The first-order valence-electron chi connectivity index (χ1n) is 4.06. The van der Waals surface area contributed by atoms with E-state index in [0.29, 0.717) is 17.6 Å². The van der Waals surface area contributed by atoms with Gasteiger partial charge in [-0.15, -0.1) is 0 Å². The number of hydrogen-bond donors (Lipinski definition) is 0. The lowest BCUT2D eigenvalue weighted by molar-refractivity contribution is -0.119. The number of methoxy groups -OCH3 is 1. The van der Waals surface area contributed by atoms with Crippen LogP contribution < -0.4 is 0 Å².